The SMILES string of the molecule is [B]C(C(C)CC)C(C)(CC)OC(C)=O. The van der Waals surface area contributed by atoms with Gasteiger partial charge in [-0.15, -0.1) is 0 Å². The number of carbonyl (C=O) groups is 1. The Labute approximate surface area is 88.8 Å². The molecule has 14 heavy (non-hydrogen) atoms. The first-order valence-electron chi connectivity index (χ1n) is 5.32. The number of hydrogen-bond donors (Lipinski definition) is 0. The third-order valence-electron chi connectivity index (χ3n) is 3.04. The van der Waals surface area contributed by atoms with Crippen LogP contribution in [-0.4, -0.2) is 19.4 Å². The molecule has 0 saturated carbocycles. The van der Waals surface area contributed by atoms with Crippen LogP contribution in [-0.2, 0) is 9.53 Å². The van der Waals surface area contributed by atoms with Crippen LogP contribution in [0.25, 0.3) is 0 Å². The van der Waals surface area contributed by atoms with Gasteiger partial charge in [0.2, 0.25) is 0 Å². The smallest absolute Gasteiger partial charge is 0.303 e. The van der Waals surface area contributed by atoms with Crippen LogP contribution in [0.15, 0.2) is 0 Å². The van der Waals surface area contributed by atoms with Gasteiger partial charge in [0.1, 0.15) is 5.60 Å². The lowest BCUT2D eigenvalue weighted by atomic mass is 9.65. The van der Waals surface area contributed by atoms with Crippen molar-refractivity contribution in [2.24, 2.45) is 5.92 Å². The molecule has 0 aromatic rings. The Hall–Kier alpha value is -0.465. The van der Waals surface area contributed by atoms with E-state index in [0.717, 1.165) is 12.8 Å². The first kappa shape index (κ1) is 13.5. The number of ether oxygens (including phenoxy) is 1. The van der Waals surface area contributed by atoms with Crippen LogP contribution in [0.1, 0.15) is 47.5 Å². The summed E-state index contributed by atoms with van der Waals surface area (Å²) in [6, 6.07) is 0. The van der Waals surface area contributed by atoms with Crippen molar-refractivity contribution in [2.45, 2.75) is 58.9 Å². The minimum absolute atomic E-state index is 0.0959. The fourth-order valence-electron chi connectivity index (χ4n) is 1.56. The molecule has 0 N–H and O–H groups in total. The van der Waals surface area contributed by atoms with Gasteiger partial charge in [-0.1, -0.05) is 27.2 Å². The highest BCUT2D eigenvalue weighted by molar-refractivity contribution is 6.12. The van der Waals surface area contributed by atoms with Gasteiger partial charge in [-0.3, -0.25) is 4.79 Å². The number of rotatable bonds is 5. The van der Waals surface area contributed by atoms with Crippen LogP contribution in [0.2, 0.25) is 5.82 Å². The number of esters is 1. The molecule has 0 spiro atoms. The highest BCUT2D eigenvalue weighted by Gasteiger charge is 2.34. The Morgan fingerprint density at radius 3 is 2.29 bits per heavy atom. The lowest BCUT2D eigenvalue weighted by Gasteiger charge is -2.37. The van der Waals surface area contributed by atoms with Crippen molar-refractivity contribution in [3.8, 4) is 0 Å². The molecule has 0 aromatic carbocycles. The van der Waals surface area contributed by atoms with E-state index < -0.39 is 5.60 Å². The average Bonchev–Trinajstić information content (AvgIpc) is 2.14. The van der Waals surface area contributed by atoms with E-state index in [1.807, 2.05) is 13.8 Å². The summed E-state index contributed by atoms with van der Waals surface area (Å²) in [5.41, 5.74) is -0.527. The van der Waals surface area contributed by atoms with Crippen molar-refractivity contribution in [1.29, 1.82) is 0 Å². The van der Waals surface area contributed by atoms with Crippen LogP contribution in [0.3, 0.4) is 0 Å². The molecular formula is C11H21BO2. The molecule has 0 bridgehead atoms. The van der Waals surface area contributed by atoms with E-state index in [4.69, 9.17) is 12.6 Å². The van der Waals surface area contributed by atoms with Gasteiger partial charge in [-0.2, -0.15) is 0 Å². The van der Waals surface area contributed by atoms with E-state index in [9.17, 15) is 4.79 Å². The molecule has 2 radical (unpaired) electrons. The molecule has 3 heteroatoms. The summed E-state index contributed by atoms with van der Waals surface area (Å²) in [7, 11) is 6.09. The summed E-state index contributed by atoms with van der Waals surface area (Å²) in [6.45, 7) is 9.50. The third-order valence-corrected chi connectivity index (χ3v) is 3.04. The Kier molecular flexibility index (Phi) is 5.24. The lowest BCUT2D eigenvalue weighted by molar-refractivity contribution is -0.157. The monoisotopic (exact) mass is 196 g/mol. The van der Waals surface area contributed by atoms with Crippen molar-refractivity contribution in [2.75, 3.05) is 0 Å². The molecule has 0 aliphatic rings. The largest absolute Gasteiger partial charge is 0.460 e. The molecule has 0 rings (SSSR count). The third kappa shape index (κ3) is 3.35. The summed E-state index contributed by atoms with van der Waals surface area (Å²) in [5.74, 6) is 0.00815. The van der Waals surface area contributed by atoms with Crippen molar-refractivity contribution < 1.29 is 9.53 Å². The highest BCUT2D eigenvalue weighted by atomic mass is 16.6. The molecule has 2 nitrogen and oxygen atoms in total. The van der Waals surface area contributed by atoms with Gasteiger partial charge in [0, 0.05) is 6.92 Å². The fraction of sp³-hybridized carbons (Fsp3) is 0.909. The van der Waals surface area contributed by atoms with Gasteiger partial charge < -0.3 is 4.74 Å². The Bertz CT molecular complexity index is 194. The first-order chi connectivity index (χ1) is 6.37. The molecule has 0 amide bonds. The summed E-state index contributed by atoms with van der Waals surface area (Å²) in [5, 5.41) is 0. The minimum Gasteiger partial charge on any atom is -0.460 e. The van der Waals surface area contributed by atoms with Gasteiger partial charge in [-0.25, -0.2) is 0 Å². The quantitative estimate of drug-likeness (QED) is 0.499. The topological polar surface area (TPSA) is 26.3 Å². The standard InChI is InChI=1S/C11H21BO2/c1-6-8(3)10(12)11(5,7-2)14-9(4)13/h8,10H,6-7H2,1-5H3. The van der Waals surface area contributed by atoms with E-state index >= 15 is 0 Å². The van der Waals surface area contributed by atoms with Crippen LogP contribution in [0.4, 0.5) is 0 Å². The van der Waals surface area contributed by atoms with Crippen LogP contribution >= 0.6 is 0 Å². The van der Waals surface area contributed by atoms with Crippen molar-refractivity contribution in [3.63, 3.8) is 0 Å². The molecule has 0 fully saturated rings. The van der Waals surface area contributed by atoms with Gasteiger partial charge in [0.15, 0.2) is 0 Å². The van der Waals surface area contributed by atoms with Crippen molar-refractivity contribution >= 4 is 13.8 Å². The zero-order valence-electron chi connectivity index (χ0n) is 9.96. The van der Waals surface area contributed by atoms with E-state index in [1.54, 1.807) is 0 Å². The predicted octanol–water partition coefficient (Wildman–Crippen LogP) is 2.72. The maximum atomic E-state index is 11.0. The number of hydrogen-bond acceptors (Lipinski definition) is 2. The molecular weight excluding hydrogens is 175 g/mol. The lowest BCUT2D eigenvalue weighted by Crippen LogP contribution is -2.38. The first-order valence-corrected chi connectivity index (χ1v) is 5.32. The normalized spacial score (nSPS) is 19.5. The molecule has 0 aliphatic carbocycles. The Morgan fingerprint density at radius 2 is 2.00 bits per heavy atom. The van der Waals surface area contributed by atoms with Crippen LogP contribution in [0.5, 0.6) is 0 Å². The average molecular weight is 196 g/mol. The Balaban J connectivity index is 4.57. The maximum Gasteiger partial charge on any atom is 0.303 e. The second-order valence-electron chi connectivity index (χ2n) is 4.17. The molecule has 0 aromatic heterocycles. The minimum atomic E-state index is -0.527. The number of carbonyl (C=O) groups excluding carboxylic acids is 1. The molecule has 0 saturated heterocycles. The Morgan fingerprint density at radius 1 is 1.50 bits per heavy atom. The molecule has 3 unspecified atom stereocenters. The van der Waals surface area contributed by atoms with Gasteiger partial charge in [0.05, 0.1) is 7.85 Å². The van der Waals surface area contributed by atoms with E-state index in [2.05, 4.69) is 13.8 Å². The van der Waals surface area contributed by atoms with Crippen LogP contribution in [0, 0.1) is 5.92 Å². The molecule has 3 atom stereocenters. The molecule has 0 heterocycles. The van der Waals surface area contributed by atoms with E-state index in [-0.39, 0.29) is 11.8 Å². The highest BCUT2D eigenvalue weighted by Crippen LogP contribution is 2.35. The summed E-state index contributed by atoms with van der Waals surface area (Å²) in [6.07, 6.45) is 1.75. The second kappa shape index (κ2) is 5.42. The molecule has 0 aliphatic heterocycles. The summed E-state index contributed by atoms with van der Waals surface area (Å²) >= 11 is 0. The fourth-order valence-corrected chi connectivity index (χ4v) is 1.56. The van der Waals surface area contributed by atoms with Gasteiger partial charge in [-0.05, 0) is 25.1 Å². The van der Waals surface area contributed by atoms with Gasteiger partial charge in [0.25, 0.3) is 0 Å². The summed E-state index contributed by atoms with van der Waals surface area (Å²) < 4.78 is 5.31. The molecule has 80 valence electrons. The zero-order valence-corrected chi connectivity index (χ0v) is 9.96. The second-order valence-corrected chi connectivity index (χ2v) is 4.17. The van der Waals surface area contributed by atoms with Crippen LogP contribution < -0.4 is 0 Å². The van der Waals surface area contributed by atoms with Gasteiger partial charge >= 0.3 is 5.97 Å². The predicted molar refractivity (Wildman–Crippen MR) is 59.4 cm³/mol. The van der Waals surface area contributed by atoms with E-state index in [1.165, 1.54) is 6.92 Å². The van der Waals surface area contributed by atoms with E-state index in [0.29, 0.717) is 5.92 Å². The van der Waals surface area contributed by atoms with Crippen molar-refractivity contribution in [1.82, 2.24) is 0 Å². The maximum absolute atomic E-state index is 11.0. The van der Waals surface area contributed by atoms with Crippen molar-refractivity contribution in [3.05, 3.63) is 0 Å². The zero-order chi connectivity index (χ0) is 11.4. The summed E-state index contributed by atoms with van der Waals surface area (Å²) in [4.78, 5) is 11.0.